The molecule has 1 fully saturated rings. The largest absolute Gasteiger partial charge is 0.481 e. The number of nitrogens with one attached hydrogen (secondary N) is 2. The van der Waals surface area contributed by atoms with Crippen molar-refractivity contribution in [3.63, 3.8) is 0 Å². The molecule has 1 aromatic rings. The molecule has 2 amide bonds. The van der Waals surface area contributed by atoms with E-state index in [0.29, 0.717) is 11.3 Å². The van der Waals surface area contributed by atoms with Crippen LogP contribution in [-0.2, 0) is 9.59 Å². The first-order valence-electron chi connectivity index (χ1n) is 9.22. The molecule has 0 heterocycles. The Morgan fingerprint density at radius 1 is 1.04 bits per heavy atom. The van der Waals surface area contributed by atoms with Crippen LogP contribution < -0.4 is 10.6 Å². The highest BCUT2D eigenvalue weighted by molar-refractivity contribution is 5.96. The summed E-state index contributed by atoms with van der Waals surface area (Å²) in [6.07, 6.45) is 4.86. The van der Waals surface area contributed by atoms with Gasteiger partial charge in [0.05, 0.1) is 6.42 Å². The number of carboxylic acids is 1. The lowest BCUT2D eigenvalue weighted by atomic mass is 9.69. The van der Waals surface area contributed by atoms with E-state index in [9.17, 15) is 19.5 Å². The third kappa shape index (κ3) is 5.86. The number of amides is 2. The molecular weight excluding hydrogens is 332 g/mol. The number of aliphatic carboxylic acids is 1. The Labute approximate surface area is 154 Å². The fraction of sp³-hybridized carbons (Fsp3) is 0.550. The number of hydrogen-bond donors (Lipinski definition) is 3. The van der Waals surface area contributed by atoms with E-state index in [4.69, 9.17) is 0 Å². The second kappa shape index (κ2) is 8.83. The van der Waals surface area contributed by atoms with E-state index in [-0.39, 0.29) is 30.7 Å². The number of carbonyl (C=O) groups excluding carboxylic acids is 2. The van der Waals surface area contributed by atoms with E-state index >= 15 is 0 Å². The first-order chi connectivity index (χ1) is 12.3. The molecule has 142 valence electrons. The molecule has 6 heteroatoms. The molecule has 6 nitrogen and oxygen atoms in total. The van der Waals surface area contributed by atoms with Crippen LogP contribution in [0.4, 0.5) is 5.69 Å². The Morgan fingerprint density at radius 2 is 1.65 bits per heavy atom. The van der Waals surface area contributed by atoms with Gasteiger partial charge in [0.2, 0.25) is 5.91 Å². The third-order valence-corrected chi connectivity index (χ3v) is 4.83. The molecule has 26 heavy (non-hydrogen) atoms. The molecule has 2 rings (SSSR count). The van der Waals surface area contributed by atoms with E-state index < -0.39 is 11.4 Å². The van der Waals surface area contributed by atoms with E-state index in [0.717, 1.165) is 32.1 Å². The van der Waals surface area contributed by atoms with Gasteiger partial charge in [-0.05, 0) is 56.4 Å². The van der Waals surface area contributed by atoms with E-state index in [1.807, 2.05) is 13.8 Å². The van der Waals surface area contributed by atoms with Crippen molar-refractivity contribution in [1.29, 1.82) is 0 Å². The molecule has 1 aromatic carbocycles. The zero-order valence-electron chi connectivity index (χ0n) is 15.5. The summed E-state index contributed by atoms with van der Waals surface area (Å²) in [6, 6.07) is 6.78. The van der Waals surface area contributed by atoms with Gasteiger partial charge in [-0.1, -0.05) is 19.3 Å². The molecule has 0 aromatic heterocycles. The van der Waals surface area contributed by atoms with E-state index in [2.05, 4.69) is 10.6 Å². The number of carbonyl (C=O) groups is 3. The fourth-order valence-electron chi connectivity index (χ4n) is 3.63. The molecule has 0 unspecified atom stereocenters. The monoisotopic (exact) mass is 360 g/mol. The van der Waals surface area contributed by atoms with Crippen molar-refractivity contribution in [3.05, 3.63) is 29.8 Å². The van der Waals surface area contributed by atoms with Gasteiger partial charge < -0.3 is 15.7 Å². The predicted octanol–water partition coefficient (Wildman–Crippen LogP) is 3.58. The van der Waals surface area contributed by atoms with E-state index in [1.165, 1.54) is 0 Å². The van der Waals surface area contributed by atoms with Gasteiger partial charge in [0.25, 0.3) is 5.91 Å². The lowest BCUT2D eigenvalue weighted by Crippen LogP contribution is -2.32. The van der Waals surface area contributed by atoms with Crippen molar-refractivity contribution < 1.29 is 19.5 Å². The SMILES string of the molecule is CC(C)NC(=O)c1ccc(NC(=O)CC2(CC(=O)O)CCCCC2)cc1. The molecule has 0 saturated heterocycles. The van der Waals surface area contributed by atoms with Crippen LogP contribution in [0.3, 0.4) is 0 Å². The van der Waals surface area contributed by atoms with Crippen molar-refractivity contribution in [2.45, 2.75) is 64.8 Å². The molecule has 1 aliphatic rings. The number of carboxylic acid groups (broad SMARTS) is 1. The summed E-state index contributed by atoms with van der Waals surface area (Å²) in [6.45, 7) is 3.79. The molecular formula is C20H28N2O4. The van der Waals surface area contributed by atoms with Gasteiger partial charge in [0, 0.05) is 23.7 Å². The maximum absolute atomic E-state index is 12.4. The standard InChI is InChI=1S/C20H28N2O4/c1-14(2)21-19(26)15-6-8-16(9-7-15)22-17(23)12-20(13-18(24)25)10-4-3-5-11-20/h6-9,14H,3-5,10-13H2,1-2H3,(H,21,26)(H,22,23)(H,24,25). The number of anilines is 1. The Hall–Kier alpha value is -2.37. The smallest absolute Gasteiger partial charge is 0.303 e. The van der Waals surface area contributed by atoms with Crippen molar-refractivity contribution in [2.75, 3.05) is 5.32 Å². The normalized spacial score (nSPS) is 16.1. The predicted molar refractivity (Wildman–Crippen MR) is 100 cm³/mol. The Kier molecular flexibility index (Phi) is 6.77. The zero-order chi connectivity index (χ0) is 19.2. The topological polar surface area (TPSA) is 95.5 Å². The molecule has 0 atom stereocenters. The summed E-state index contributed by atoms with van der Waals surface area (Å²) in [4.78, 5) is 35.6. The highest BCUT2D eigenvalue weighted by atomic mass is 16.4. The molecule has 3 N–H and O–H groups in total. The molecule has 0 radical (unpaired) electrons. The average Bonchev–Trinajstić information content (AvgIpc) is 2.54. The van der Waals surface area contributed by atoms with Gasteiger partial charge in [-0.2, -0.15) is 0 Å². The van der Waals surface area contributed by atoms with Crippen LogP contribution in [0.25, 0.3) is 0 Å². The first kappa shape index (κ1) is 19.9. The average molecular weight is 360 g/mol. The lowest BCUT2D eigenvalue weighted by Gasteiger charge is -2.35. The summed E-state index contributed by atoms with van der Waals surface area (Å²) in [7, 11) is 0. The highest BCUT2D eigenvalue weighted by Gasteiger charge is 2.36. The summed E-state index contributed by atoms with van der Waals surface area (Å²) in [5, 5.41) is 14.9. The van der Waals surface area contributed by atoms with Crippen molar-refractivity contribution in [3.8, 4) is 0 Å². The minimum absolute atomic E-state index is 0.0364. The number of hydrogen-bond acceptors (Lipinski definition) is 3. The van der Waals surface area contributed by atoms with Crippen LogP contribution in [0.1, 0.15) is 69.2 Å². The molecule has 0 spiro atoms. The van der Waals surface area contributed by atoms with Gasteiger partial charge in [0.1, 0.15) is 0 Å². The number of benzene rings is 1. The minimum atomic E-state index is -0.847. The second-order valence-corrected chi connectivity index (χ2v) is 7.56. The maximum atomic E-state index is 12.4. The molecule has 0 bridgehead atoms. The van der Waals surface area contributed by atoms with Crippen molar-refractivity contribution >= 4 is 23.5 Å². The van der Waals surface area contributed by atoms with Crippen LogP contribution in [0.5, 0.6) is 0 Å². The van der Waals surface area contributed by atoms with Crippen LogP contribution in [0.15, 0.2) is 24.3 Å². The molecule has 1 aliphatic carbocycles. The van der Waals surface area contributed by atoms with Crippen molar-refractivity contribution in [2.24, 2.45) is 5.41 Å². The maximum Gasteiger partial charge on any atom is 0.303 e. The summed E-state index contributed by atoms with van der Waals surface area (Å²) in [5.74, 6) is -1.17. The molecule has 1 saturated carbocycles. The summed E-state index contributed by atoms with van der Waals surface area (Å²) >= 11 is 0. The summed E-state index contributed by atoms with van der Waals surface area (Å²) < 4.78 is 0. The fourth-order valence-corrected chi connectivity index (χ4v) is 3.63. The molecule has 0 aliphatic heterocycles. The van der Waals surface area contributed by atoms with Gasteiger partial charge in [-0.3, -0.25) is 14.4 Å². The van der Waals surface area contributed by atoms with Gasteiger partial charge in [-0.25, -0.2) is 0 Å². The van der Waals surface area contributed by atoms with Crippen LogP contribution in [0, 0.1) is 5.41 Å². The Balaban J connectivity index is 1.97. The van der Waals surface area contributed by atoms with Gasteiger partial charge in [0.15, 0.2) is 0 Å². The quantitative estimate of drug-likeness (QED) is 0.692. The Bertz CT molecular complexity index is 646. The first-order valence-corrected chi connectivity index (χ1v) is 9.22. The van der Waals surface area contributed by atoms with E-state index in [1.54, 1.807) is 24.3 Å². The van der Waals surface area contributed by atoms with Crippen LogP contribution in [-0.4, -0.2) is 28.9 Å². The van der Waals surface area contributed by atoms with Crippen molar-refractivity contribution in [1.82, 2.24) is 5.32 Å². The second-order valence-electron chi connectivity index (χ2n) is 7.56. The Morgan fingerprint density at radius 3 is 2.19 bits per heavy atom. The van der Waals surface area contributed by atoms with Crippen LogP contribution in [0.2, 0.25) is 0 Å². The lowest BCUT2D eigenvalue weighted by molar-refractivity contribution is -0.140. The highest BCUT2D eigenvalue weighted by Crippen LogP contribution is 2.42. The third-order valence-electron chi connectivity index (χ3n) is 4.83. The van der Waals surface area contributed by atoms with Crippen LogP contribution >= 0.6 is 0 Å². The van der Waals surface area contributed by atoms with Gasteiger partial charge in [-0.15, -0.1) is 0 Å². The van der Waals surface area contributed by atoms with Gasteiger partial charge >= 0.3 is 5.97 Å². The zero-order valence-corrected chi connectivity index (χ0v) is 15.5. The minimum Gasteiger partial charge on any atom is -0.481 e. The number of rotatable bonds is 7. The summed E-state index contributed by atoms with van der Waals surface area (Å²) in [5.41, 5.74) is 0.703.